The highest BCUT2D eigenvalue weighted by Crippen LogP contribution is 2.32. The number of halogens is 3. The first-order valence-corrected chi connectivity index (χ1v) is 9.94. The van der Waals surface area contributed by atoms with Crippen LogP contribution in [0.15, 0.2) is 69.5 Å². The smallest absolute Gasteiger partial charge is 0.291 e. The summed E-state index contributed by atoms with van der Waals surface area (Å²) in [7, 11) is 0. The zero-order valence-corrected chi connectivity index (χ0v) is 17.6. The minimum atomic E-state index is -0.462. The van der Waals surface area contributed by atoms with Crippen molar-refractivity contribution in [3.8, 4) is 22.6 Å². The Kier molecular flexibility index (Phi) is 5.88. The molecule has 0 aliphatic rings. The van der Waals surface area contributed by atoms with Gasteiger partial charge < -0.3 is 19.3 Å². The Balaban J connectivity index is 1.56. The number of aliphatic hydroxyl groups is 1. The zero-order chi connectivity index (χ0) is 21.3. The van der Waals surface area contributed by atoms with Crippen molar-refractivity contribution in [1.29, 1.82) is 0 Å². The fourth-order valence-electron chi connectivity index (χ4n) is 2.84. The average Bonchev–Trinajstić information content (AvgIpc) is 3.41. The molecule has 4 rings (SSSR count). The molecule has 5 nitrogen and oxygen atoms in total. The molecule has 0 spiro atoms. The fraction of sp³-hybridized carbons (Fsp3) is 0.0455. The summed E-state index contributed by atoms with van der Waals surface area (Å²) in [5, 5.41) is 13.1. The molecular formula is C22H14Cl3NO4. The van der Waals surface area contributed by atoms with Gasteiger partial charge in [-0.05, 0) is 60.7 Å². The monoisotopic (exact) mass is 461 g/mol. The van der Waals surface area contributed by atoms with Gasteiger partial charge in [0.15, 0.2) is 5.76 Å². The second-order valence-electron chi connectivity index (χ2n) is 6.37. The molecule has 0 saturated carbocycles. The van der Waals surface area contributed by atoms with Gasteiger partial charge in [0.05, 0.1) is 20.8 Å². The highest BCUT2D eigenvalue weighted by Gasteiger charge is 2.16. The predicted molar refractivity (Wildman–Crippen MR) is 117 cm³/mol. The zero-order valence-electron chi connectivity index (χ0n) is 15.3. The molecule has 2 N–H and O–H groups in total. The lowest BCUT2D eigenvalue weighted by atomic mass is 10.1. The molecule has 0 atom stereocenters. The number of hydrogen-bond donors (Lipinski definition) is 2. The van der Waals surface area contributed by atoms with E-state index >= 15 is 0 Å². The summed E-state index contributed by atoms with van der Waals surface area (Å²) < 4.78 is 11.2. The predicted octanol–water partition coefficient (Wildman–Crippen LogP) is 6.91. The van der Waals surface area contributed by atoms with Crippen molar-refractivity contribution in [2.24, 2.45) is 0 Å². The van der Waals surface area contributed by atoms with Gasteiger partial charge in [-0.2, -0.15) is 0 Å². The van der Waals surface area contributed by atoms with Crippen molar-refractivity contribution < 1.29 is 18.7 Å². The molecule has 0 unspecified atom stereocenters. The quantitative estimate of drug-likeness (QED) is 0.338. The molecule has 0 bridgehead atoms. The van der Waals surface area contributed by atoms with E-state index in [2.05, 4.69) is 5.32 Å². The van der Waals surface area contributed by atoms with Gasteiger partial charge in [0, 0.05) is 11.1 Å². The molecule has 2 aromatic carbocycles. The second kappa shape index (κ2) is 8.58. The van der Waals surface area contributed by atoms with Crippen LogP contribution >= 0.6 is 34.8 Å². The fourth-order valence-corrected chi connectivity index (χ4v) is 3.30. The van der Waals surface area contributed by atoms with Gasteiger partial charge in [-0.25, -0.2) is 0 Å². The van der Waals surface area contributed by atoms with E-state index in [0.29, 0.717) is 49.2 Å². The van der Waals surface area contributed by atoms with Gasteiger partial charge >= 0.3 is 0 Å². The lowest BCUT2D eigenvalue weighted by molar-refractivity contribution is 0.0997. The van der Waals surface area contributed by atoms with E-state index in [-0.39, 0.29) is 12.4 Å². The molecule has 4 aromatic rings. The van der Waals surface area contributed by atoms with Crippen LogP contribution < -0.4 is 5.32 Å². The third-order valence-corrected chi connectivity index (χ3v) is 5.42. The van der Waals surface area contributed by atoms with Gasteiger partial charge in [-0.1, -0.05) is 34.8 Å². The van der Waals surface area contributed by atoms with E-state index in [4.69, 9.17) is 48.7 Å². The van der Waals surface area contributed by atoms with Gasteiger partial charge in [-0.3, -0.25) is 4.79 Å². The molecule has 1 amide bonds. The molecule has 152 valence electrons. The number of hydrogen-bond acceptors (Lipinski definition) is 4. The molecule has 0 saturated heterocycles. The summed E-state index contributed by atoms with van der Waals surface area (Å²) >= 11 is 18.2. The lowest BCUT2D eigenvalue weighted by Crippen LogP contribution is -2.11. The van der Waals surface area contributed by atoms with E-state index in [0.717, 1.165) is 0 Å². The number of carbonyl (C=O) groups is 1. The number of anilines is 1. The van der Waals surface area contributed by atoms with E-state index in [1.54, 1.807) is 60.7 Å². The summed E-state index contributed by atoms with van der Waals surface area (Å²) in [6.07, 6.45) is 0. The lowest BCUT2D eigenvalue weighted by Gasteiger charge is -2.08. The first-order valence-electron chi connectivity index (χ1n) is 8.80. The topological polar surface area (TPSA) is 75.6 Å². The van der Waals surface area contributed by atoms with Crippen molar-refractivity contribution in [3.05, 3.63) is 87.3 Å². The Hall–Kier alpha value is -2.70. The first-order chi connectivity index (χ1) is 14.4. The maximum atomic E-state index is 12.7. The Labute approximate surface area is 186 Å². The van der Waals surface area contributed by atoms with Crippen LogP contribution in [0.1, 0.15) is 16.3 Å². The summed E-state index contributed by atoms with van der Waals surface area (Å²) in [5.41, 5.74) is 1.79. The minimum Gasteiger partial charge on any atom is -0.459 e. The SMILES string of the molecule is O=C(Nc1cc(-c2ccc(CO)o2)ccc1Cl)c1ccc(-c2ccc(Cl)c(Cl)c2)o1. The minimum absolute atomic E-state index is 0.109. The normalized spacial score (nSPS) is 10.9. The van der Waals surface area contributed by atoms with E-state index in [1.807, 2.05) is 0 Å². The number of rotatable bonds is 5. The summed E-state index contributed by atoms with van der Waals surface area (Å²) in [5.74, 6) is 1.11. The van der Waals surface area contributed by atoms with Crippen LogP contribution in [0.5, 0.6) is 0 Å². The molecule has 0 radical (unpaired) electrons. The van der Waals surface area contributed by atoms with Gasteiger partial charge in [0.1, 0.15) is 23.9 Å². The Morgan fingerprint density at radius 2 is 1.47 bits per heavy atom. The second-order valence-corrected chi connectivity index (χ2v) is 7.59. The Morgan fingerprint density at radius 3 is 2.17 bits per heavy atom. The number of amides is 1. The largest absolute Gasteiger partial charge is 0.459 e. The maximum absolute atomic E-state index is 12.7. The van der Waals surface area contributed by atoms with Crippen LogP contribution in [0.25, 0.3) is 22.6 Å². The van der Waals surface area contributed by atoms with E-state index < -0.39 is 5.91 Å². The molecule has 2 heterocycles. The molecule has 8 heteroatoms. The third kappa shape index (κ3) is 4.25. The van der Waals surface area contributed by atoms with Crippen LogP contribution in [-0.2, 0) is 6.61 Å². The first kappa shape index (κ1) is 20.6. The summed E-state index contributed by atoms with van der Waals surface area (Å²) in [6.45, 7) is -0.198. The number of benzene rings is 2. The Bertz CT molecular complexity index is 1230. The van der Waals surface area contributed by atoms with Gasteiger partial charge in [-0.15, -0.1) is 0 Å². The molecule has 0 aliphatic carbocycles. The van der Waals surface area contributed by atoms with Crippen LogP contribution in [0, 0.1) is 0 Å². The molecular weight excluding hydrogens is 449 g/mol. The maximum Gasteiger partial charge on any atom is 0.291 e. The number of nitrogens with one attached hydrogen (secondary N) is 1. The molecule has 0 fully saturated rings. The number of furan rings is 2. The molecule has 0 aliphatic heterocycles. The van der Waals surface area contributed by atoms with Crippen molar-refractivity contribution >= 4 is 46.4 Å². The number of carbonyl (C=O) groups excluding carboxylic acids is 1. The highest BCUT2D eigenvalue weighted by molar-refractivity contribution is 6.42. The van der Waals surface area contributed by atoms with Crippen molar-refractivity contribution in [2.75, 3.05) is 5.32 Å². The summed E-state index contributed by atoms with van der Waals surface area (Å²) in [4.78, 5) is 12.7. The molecule has 2 aromatic heterocycles. The van der Waals surface area contributed by atoms with Crippen LogP contribution in [0.2, 0.25) is 15.1 Å². The average molecular weight is 463 g/mol. The van der Waals surface area contributed by atoms with Crippen molar-refractivity contribution in [2.45, 2.75) is 6.61 Å². The number of aliphatic hydroxyl groups excluding tert-OH is 1. The Morgan fingerprint density at radius 1 is 0.800 bits per heavy atom. The van der Waals surface area contributed by atoms with Gasteiger partial charge in [0.25, 0.3) is 5.91 Å². The van der Waals surface area contributed by atoms with Gasteiger partial charge in [0.2, 0.25) is 0 Å². The van der Waals surface area contributed by atoms with E-state index in [1.165, 1.54) is 0 Å². The molecule has 30 heavy (non-hydrogen) atoms. The highest BCUT2D eigenvalue weighted by atomic mass is 35.5. The van der Waals surface area contributed by atoms with E-state index in [9.17, 15) is 4.79 Å². The van der Waals surface area contributed by atoms with Crippen molar-refractivity contribution in [1.82, 2.24) is 0 Å². The summed E-state index contributed by atoms with van der Waals surface area (Å²) in [6, 6.07) is 16.8. The standard InChI is InChI=1S/C22H14Cl3NO4/c23-15-4-1-12(9-17(15)25)20-7-8-21(30-20)22(28)26-18-10-13(2-5-16(18)24)19-6-3-14(11-27)29-19/h1-10,27H,11H2,(H,26,28). The van der Waals surface area contributed by atoms with Crippen molar-refractivity contribution in [3.63, 3.8) is 0 Å². The van der Waals surface area contributed by atoms with Crippen LogP contribution in [0.4, 0.5) is 5.69 Å². The van der Waals surface area contributed by atoms with Crippen LogP contribution in [-0.4, -0.2) is 11.0 Å². The van der Waals surface area contributed by atoms with Crippen LogP contribution in [0.3, 0.4) is 0 Å². The third-order valence-electron chi connectivity index (χ3n) is 4.35.